The van der Waals surface area contributed by atoms with Gasteiger partial charge in [-0.25, -0.2) is 0 Å². The Kier molecular flexibility index (Phi) is 8.89. The summed E-state index contributed by atoms with van der Waals surface area (Å²) >= 11 is 12.3. The number of nitrogens with one attached hydrogen (secondary N) is 1. The number of rotatable bonds is 9. The summed E-state index contributed by atoms with van der Waals surface area (Å²) in [5, 5.41) is 2.09. The van der Waals surface area contributed by atoms with Crippen LogP contribution in [0.2, 0.25) is 10.0 Å². The van der Waals surface area contributed by atoms with Crippen LogP contribution in [-0.4, -0.2) is 46.2 Å². The van der Waals surface area contributed by atoms with E-state index in [2.05, 4.69) is 24.9 Å². The molecule has 0 radical (unpaired) electrons. The first-order chi connectivity index (χ1) is 16.5. The third-order valence-corrected chi connectivity index (χ3v) is 6.62. The van der Waals surface area contributed by atoms with Gasteiger partial charge in [-0.2, -0.15) is 0 Å². The summed E-state index contributed by atoms with van der Waals surface area (Å²) in [4.78, 5) is 33.5. The second-order valence-corrected chi connectivity index (χ2v) is 11.3. The van der Waals surface area contributed by atoms with Crippen molar-refractivity contribution in [2.45, 2.75) is 47.6 Å². The van der Waals surface area contributed by atoms with E-state index in [1.165, 1.54) is 0 Å². The maximum atomic E-state index is 13.6. The van der Waals surface area contributed by atoms with Gasteiger partial charge in [-0.1, -0.05) is 82.1 Å². The first kappa shape index (κ1) is 27.1. The van der Waals surface area contributed by atoms with Crippen molar-refractivity contribution < 1.29 is 9.59 Å². The highest BCUT2D eigenvalue weighted by atomic mass is 35.5. The molecule has 7 heteroatoms. The molecule has 35 heavy (non-hydrogen) atoms. The number of para-hydroxylation sites is 1. The quantitative estimate of drug-likeness (QED) is 0.350. The fraction of sp³-hybridized carbons (Fsp3) is 0.429. The van der Waals surface area contributed by atoms with Gasteiger partial charge in [-0.15, -0.1) is 0 Å². The SMILES string of the molecule is CC(C)CN(CC(=O)N(CCc1c[nH]c2ccccc12)Cc1ccc(Cl)c(Cl)c1)C(=O)C(C)(C)C. The highest BCUT2D eigenvalue weighted by Crippen LogP contribution is 2.24. The predicted molar refractivity (Wildman–Crippen MR) is 145 cm³/mol. The molecule has 0 atom stereocenters. The second kappa shape index (κ2) is 11.5. The van der Waals surface area contributed by atoms with E-state index in [1.54, 1.807) is 17.0 Å². The molecule has 0 fully saturated rings. The highest BCUT2D eigenvalue weighted by Gasteiger charge is 2.30. The van der Waals surface area contributed by atoms with Crippen LogP contribution in [-0.2, 0) is 22.6 Å². The fourth-order valence-electron chi connectivity index (χ4n) is 4.14. The van der Waals surface area contributed by atoms with Crippen LogP contribution in [0.1, 0.15) is 45.7 Å². The van der Waals surface area contributed by atoms with E-state index in [9.17, 15) is 9.59 Å². The van der Waals surface area contributed by atoms with E-state index in [4.69, 9.17) is 23.2 Å². The minimum absolute atomic E-state index is 0.0225. The average molecular weight is 517 g/mol. The molecule has 1 N–H and O–H groups in total. The normalized spacial score (nSPS) is 11.8. The zero-order valence-corrected chi connectivity index (χ0v) is 22.7. The molecule has 1 heterocycles. The molecule has 5 nitrogen and oxygen atoms in total. The number of aromatic amines is 1. The minimum atomic E-state index is -0.562. The van der Waals surface area contributed by atoms with E-state index < -0.39 is 5.41 Å². The lowest BCUT2D eigenvalue weighted by molar-refractivity contribution is -0.146. The van der Waals surface area contributed by atoms with Gasteiger partial charge < -0.3 is 14.8 Å². The zero-order chi connectivity index (χ0) is 25.8. The maximum Gasteiger partial charge on any atom is 0.242 e. The second-order valence-electron chi connectivity index (χ2n) is 10.5. The Balaban J connectivity index is 1.84. The Morgan fingerprint density at radius 1 is 1.00 bits per heavy atom. The number of nitrogens with zero attached hydrogens (tertiary/aromatic N) is 2. The van der Waals surface area contributed by atoms with Crippen molar-refractivity contribution in [3.05, 3.63) is 69.8 Å². The lowest BCUT2D eigenvalue weighted by atomic mass is 9.94. The third kappa shape index (κ3) is 7.25. The summed E-state index contributed by atoms with van der Waals surface area (Å²) in [6.07, 6.45) is 2.69. The van der Waals surface area contributed by atoms with Crippen LogP contribution < -0.4 is 0 Å². The van der Waals surface area contributed by atoms with Crippen LogP contribution in [0.15, 0.2) is 48.7 Å². The molecule has 0 aliphatic heterocycles. The van der Waals surface area contributed by atoms with Crippen molar-refractivity contribution >= 4 is 45.9 Å². The van der Waals surface area contributed by atoms with Crippen molar-refractivity contribution in [2.75, 3.05) is 19.6 Å². The van der Waals surface area contributed by atoms with Crippen molar-refractivity contribution in [3.8, 4) is 0 Å². The van der Waals surface area contributed by atoms with Gasteiger partial charge in [0.25, 0.3) is 0 Å². The lowest BCUT2D eigenvalue weighted by Crippen LogP contribution is -2.48. The Labute approximate surface area is 218 Å². The Bertz CT molecular complexity index is 1180. The van der Waals surface area contributed by atoms with Crippen molar-refractivity contribution in [1.82, 2.24) is 14.8 Å². The van der Waals surface area contributed by atoms with Crippen molar-refractivity contribution in [2.24, 2.45) is 11.3 Å². The van der Waals surface area contributed by atoms with Gasteiger partial charge >= 0.3 is 0 Å². The summed E-state index contributed by atoms with van der Waals surface area (Å²) in [6, 6.07) is 13.6. The number of H-pyrrole nitrogens is 1. The highest BCUT2D eigenvalue weighted by molar-refractivity contribution is 6.42. The molecule has 0 bridgehead atoms. The maximum absolute atomic E-state index is 13.6. The van der Waals surface area contributed by atoms with Crippen LogP contribution in [0.3, 0.4) is 0 Å². The predicted octanol–water partition coefficient (Wildman–Crippen LogP) is 6.58. The molecular formula is C28H35Cl2N3O2. The average Bonchev–Trinajstić information content (AvgIpc) is 3.20. The zero-order valence-electron chi connectivity index (χ0n) is 21.2. The van der Waals surface area contributed by atoms with Crippen LogP contribution in [0.4, 0.5) is 0 Å². The summed E-state index contributed by atoms with van der Waals surface area (Å²) in [5.74, 6) is 0.142. The Hall–Kier alpha value is -2.50. The van der Waals surface area contributed by atoms with Gasteiger partial charge in [0.2, 0.25) is 11.8 Å². The van der Waals surface area contributed by atoms with E-state index in [0.717, 1.165) is 22.0 Å². The number of benzene rings is 2. The number of carbonyl (C=O) groups is 2. The standard InChI is InChI=1S/C28H35Cl2N3O2/c1-19(2)16-33(27(35)28(3,4)5)18-26(34)32(17-20-10-11-23(29)24(30)14-20)13-12-21-15-31-25-9-7-6-8-22(21)25/h6-11,14-15,19,31H,12-13,16-18H2,1-5H3. The van der Waals surface area contributed by atoms with Crippen LogP contribution >= 0.6 is 23.2 Å². The number of amides is 2. The number of halogens is 2. The molecular weight excluding hydrogens is 481 g/mol. The minimum Gasteiger partial charge on any atom is -0.361 e. The van der Waals surface area contributed by atoms with Crippen molar-refractivity contribution in [1.29, 1.82) is 0 Å². The van der Waals surface area contributed by atoms with E-state index in [1.807, 2.05) is 56.1 Å². The number of hydrogen-bond acceptors (Lipinski definition) is 2. The van der Waals surface area contributed by atoms with Crippen molar-refractivity contribution in [3.63, 3.8) is 0 Å². The molecule has 2 amide bonds. The first-order valence-corrected chi connectivity index (χ1v) is 12.8. The van der Waals surface area contributed by atoms with Gasteiger partial charge in [0.15, 0.2) is 0 Å². The van der Waals surface area contributed by atoms with Gasteiger partial charge in [0, 0.05) is 42.1 Å². The first-order valence-electron chi connectivity index (χ1n) is 12.0. The molecule has 0 spiro atoms. The Morgan fingerprint density at radius 2 is 1.71 bits per heavy atom. The lowest BCUT2D eigenvalue weighted by Gasteiger charge is -2.32. The summed E-state index contributed by atoms with van der Waals surface area (Å²) in [5.41, 5.74) is 2.55. The molecule has 3 rings (SSSR count). The summed E-state index contributed by atoms with van der Waals surface area (Å²) < 4.78 is 0. The molecule has 188 valence electrons. The Morgan fingerprint density at radius 3 is 2.37 bits per heavy atom. The third-order valence-electron chi connectivity index (χ3n) is 5.88. The molecule has 3 aromatic rings. The molecule has 0 saturated heterocycles. The summed E-state index contributed by atoms with van der Waals surface area (Å²) in [6.45, 7) is 11.2. The van der Waals surface area contributed by atoms with E-state index in [-0.39, 0.29) is 24.3 Å². The van der Waals surface area contributed by atoms with Crippen LogP contribution in [0.5, 0.6) is 0 Å². The van der Waals surface area contributed by atoms with Gasteiger partial charge in [0.05, 0.1) is 16.6 Å². The van der Waals surface area contributed by atoms with Gasteiger partial charge in [-0.05, 0) is 41.7 Å². The fourth-order valence-corrected chi connectivity index (χ4v) is 4.46. The number of carbonyl (C=O) groups excluding carboxylic acids is 2. The topological polar surface area (TPSA) is 56.4 Å². The monoisotopic (exact) mass is 515 g/mol. The number of fused-ring (bicyclic) bond motifs is 1. The molecule has 0 aliphatic rings. The number of aromatic nitrogens is 1. The van der Waals surface area contributed by atoms with Gasteiger partial charge in [-0.3, -0.25) is 9.59 Å². The van der Waals surface area contributed by atoms with Gasteiger partial charge in [0.1, 0.15) is 0 Å². The summed E-state index contributed by atoms with van der Waals surface area (Å²) in [7, 11) is 0. The molecule has 0 unspecified atom stereocenters. The molecule has 1 aromatic heterocycles. The van der Waals surface area contributed by atoms with Crippen LogP contribution in [0, 0.1) is 11.3 Å². The molecule has 0 saturated carbocycles. The number of hydrogen-bond donors (Lipinski definition) is 1. The van der Waals surface area contributed by atoms with E-state index in [0.29, 0.717) is 36.1 Å². The van der Waals surface area contributed by atoms with Crippen LogP contribution in [0.25, 0.3) is 10.9 Å². The molecule has 2 aromatic carbocycles. The largest absolute Gasteiger partial charge is 0.361 e. The smallest absolute Gasteiger partial charge is 0.242 e. The van der Waals surface area contributed by atoms with E-state index >= 15 is 0 Å². The molecule has 0 aliphatic carbocycles.